The zero-order valence-corrected chi connectivity index (χ0v) is 17.5. The average Bonchev–Trinajstić information content (AvgIpc) is 3.26. The fourth-order valence-electron chi connectivity index (χ4n) is 3.66. The number of nitrogens with zero attached hydrogens (tertiary/aromatic N) is 3. The Hall–Kier alpha value is -3.92. The van der Waals surface area contributed by atoms with E-state index in [0.717, 1.165) is 22.2 Å². The van der Waals surface area contributed by atoms with E-state index in [9.17, 15) is 0 Å². The van der Waals surface area contributed by atoms with E-state index in [2.05, 4.69) is 41.2 Å². The molecule has 0 aliphatic rings. The monoisotopic (exact) mass is 407 g/mol. The van der Waals surface area contributed by atoms with E-state index in [1.807, 2.05) is 90.5 Å². The van der Waals surface area contributed by atoms with Crippen molar-refractivity contribution < 1.29 is 4.74 Å². The predicted molar refractivity (Wildman–Crippen MR) is 125 cm³/mol. The van der Waals surface area contributed by atoms with Gasteiger partial charge in [-0.1, -0.05) is 96.7 Å². The number of para-hydroxylation sites is 1. The number of ether oxygens (including phenoxy) is 1. The minimum absolute atomic E-state index is 0.110. The van der Waals surface area contributed by atoms with Gasteiger partial charge in [-0.25, -0.2) is 4.68 Å². The largest absolute Gasteiger partial charge is 0.468 e. The molecular weight excluding hydrogens is 382 g/mol. The molecule has 1 aromatic heterocycles. The van der Waals surface area contributed by atoms with E-state index in [1.165, 1.54) is 0 Å². The lowest BCUT2D eigenvalue weighted by molar-refractivity contribution is 0.0408. The van der Waals surface area contributed by atoms with E-state index < -0.39 is 6.23 Å². The summed E-state index contributed by atoms with van der Waals surface area (Å²) < 4.78 is 8.45. The molecule has 4 rings (SSSR count). The van der Waals surface area contributed by atoms with Crippen LogP contribution in [0.1, 0.15) is 30.2 Å². The van der Waals surface area contributed by atoms with E-state index in [0.29, 0.717) is 5.76 Å². The summed E-state index contributed by atoms with van der Waals surface area (Å²) in [6.07, 6.45) is 7.06. The molecule has 1 atom stereocenters. The van der Waals surface area contributed by atoms with E-state index in [4.69, 9.17) is 4.74 Å². The van der Waals surface area contributed by atoms with Gasteiger partial charge in [0.2, 0.25) is 6.23 Å². The molecule has 4 nitrogen and oxygen atoms in total. The maximum atomic E-state index is 6.58. The molecule has 0 aliphatic heterocycles. The van der Waals surface area contributed by atoms with Crippen LogP contribution in [0.2, 0.25) is 0 Å². The van der Waals surface area contributed by atoms with Crippen LogP contribution in [0.3, 0.4) is 0 Å². The molecule has 1 heterocycles. The molecule has 0 saturated heterocycles. The Morgan fingerprint density at radius 2 is 1.52 bits per heavy atom. The van der Waals surface area contributed by atoms with E-state index >= 15 is 0 Å². The summed E-state index contributed by atoms with van der Waals surface area (Å²) in [7, 11) is 0. The SMILES string of the molecule is C=CC(=CC=CC)OC(C(c1ccccc1)c1ccccc1)n1nnc2ccccc21. The van der Waals surface area contributed by atoms with Gasteiger partial charge in [0.25, 0.3) is 0 Å². The van der Waals surface area contributed by atoms with Gasteiger partial charge < -0.3 is 4.74 Å². The smallest absolute Gasteiger partial charge is 0.204 e. The standard InChI is InChI=1S/C27H25N3O/c1-3-5-18-23(4-2)31-27(30-25-20-13-12-19-24(25)28-29-30)26(21-14-8-6-9-15-21)22-16-10-7-11-17-22/h3-20,26-27H,2H2,1H3. The minimum Gasteiger partial charge on any atom is -0.468 e. The fraction of sp³-hybridized carbons (Fsp3) is 0.111. The second-order valence-corrected chi connectivity index (χ2v) is 7.13. The Morgan fingerprint density at radius 3 is 2.13 bits per heavy atom. The Morgan fingerprint density at radius 1 is 0.903 bits per heavy atom. The molecular formula is C27H25N3O. The van der Waals surface area contributed by atoms with Crippen molar-refractivity contribution in [1.82, 2.24) is 15.0 Å². The van der Waals surface area contributed by atoms with Crippen molar-refractivity contribution in [2.75, 3.05) is 0 Å². The Kier molecular flexibility index (Phi) is 6.38. The number of hydrogen-bond acceptors (Lipinski definition) is 3. The van der Waals surface area contributed by atoms with Gasteiger partial charge in [0, 0.05) is 0 Å². The molecule has 154 valence electrons. The molecule has 0 aliphatic carbocycles. The number of aromatic nitrogens is 3. The highest BCUT2D eigenvalue weighted by Gasteiger charge is 2.30. The molecule has 0 fully saturated rings. The van der Waals surface area contributed by atoms with Crippen LogP contribution in [-0.4, -0.2) is 15.0 Å². The molecule has 0 radical (unpaired) electrons. The number of hydrogen-bond donors (Lipinski definition) is 0. The maximum absolute atomic E-state index is 6.58. The van der Waals surface area contributed by atoms with Crippen molar-refractivity contribution in [3.63, 3.8) is 0 Å². The Bertz CT molecular complexity index is 1150. The Labute approximate surface area is 182 Å². The van der Waals surface area contributed by atoms with Gasteiger partial charge in [-0.2, -0.15) is 0 Å². The summed E-state index contributed by atoms with van der Waals surface area (Å²) in [6.45, 7) is 5.91. The molecule has 3 aromatic carbocycles. The number of fused-ring (bicyclic) bond motifs is 1. The average molecular weight is 408 g/mol. The van der Waals surface area contributed by atoms with Gasteiger partial charge in [-0.15, -0.1) is 5.10 Å². The summed E-state index contributed by atoms with van der Waals surface area (Å²) in [5, 5.41) is 8.88. The van der Waals surface area contributed by atoms with Crippen LogP contribution in [0.15, 0.2) is 122 Å². The van der Waals surface area contributed by atoms with Crippen LogP contribution in [0.4, 0.5) is 0 Å². The highest BCUT2D eigenvalue weighted by molar-refractivity contribution is 5.74. The first-order valence-corrected chi connectivity index (χ1v) is 10.3. The highest BCUT2D eigenvalue weighted by Crippen LogP contribution is 2.38. The van der Waals surface area contributed by atoms with Crippen molar-refractivity contribution in [2.45, 2.75) is 19.1 Å². The van der Waals surface area contributed by atoms with Crippen LogP contribution < -0.4 is 0 Å². The third kappa shape index (κ3) is 4.48. The topological polar surface area (TPSA) is 39.9 Å². The van der Waals surface area contributed by atoms with Gasteiger partial charge in [-0.05, 0) is 42.3 Å². The summed E-state index contributed by atoms with van der Waals surface area (Å²) >= 11 is 0. The quantitative estimate of drug-likeness (QED) is 0.250. The second kappa shape index (κ2) is 9.72. The zero-order valence-electron chi connectivity index (χ0n) is 17.5. The molecule has 4 aromatic rings. The van der Waals surface area contributed by atoms with Crippen LogP contribution in [0.25, 0.3) is 11.0 Å². The predicted octanol–water partition coefficient (Wildman–Crippen LogP) is 6.42. The van der Waals surface area contributed by atoms with Crippen molar-refractivity contribution in [1.29, 1.82) is 0 Å². The Balaban J connectivity index is 1.91. The zero-order chi connectivity index (χ0) is 21.5. The van der Waals surface area contributed by atoms with Crippen LogP contribution in [0.5, 0.6) is 0 Å². The van der Waals surface area contributed by atoms with Crippen molar-refractivity contribution in [3.8, 4) is 0 Å². The minimum atomic E-state index is -0.466. The number of rotatable bonds is 8. The number of benzene rings is 3. The van der Waals surface area contributed by atoms with Crippen molar-refractivity contribution in [3.05, 3.63) is 133 Å². The third-order valence-corrected chi connectivity index (χ3v) is 5.13. The van der Waals surface area contributed by atoms with Crippen LogP contribution >= 0.6 is 0 Å². The van der Waals surface area contributed by atoms with Gasteiger partial charge >= 0.3 is 0 Å². The first-order chi connectivity index (χ1) is 15.3. The fourth-order valence-corrected chi connectivity index (χ4v) is 3.66. The summed E-state index contributed by atoms with van der Waals surface area (Å²) in [4.78, 5) is 0. The molecule has 1 unspecified atom stereocenters. The van der Waals surface area contributed by atoms with Gasteiger partial charge in [0.05, 0.1) is 11.4 Å². The molecule has 4 heteroatoms. The molecule has 0 N–H and O–H groups in total. The van der Waals surface area contributed by atoms with Crippen molar-refractivity contribution in [2.24, 2.45) is 0 Å². The van der Waals surface area contributed by atoms with Gasteiger partial charge in [-0.3, -0.25) is 0 Å². The molecule has 0 amide bonds. The summed E-state index contributed by atoms with van der Waals surface area (Å²) in [5.74, 6) is 0.556. The third-order valence-electron chi connectivity index (χ3n) is 5.13. The lowest BCUT2D eigenvalue weighted by atomic mass is 9.89. The van der Waals surface area contributed by atoms with Crippen LogP contribution in [0, 0.1) is 0 Å². The lowest BCUT2D eigenvalue weighted by Gasteiger charge is -2.29. The molecule has 31 heavy (non-hydrogen) atoms. The lowest BCUT2D eigenvalue weighted by Crippen LogP contribution is -2.23. The van der Waals surface area contributed by atoms with E-state index in [-0.39, 0.29) is 5.92 Å². The van der Waals surface area contributed by atoms with Gasteiger partial charge in [0.15, 0.2) is 0 Å². The van der Waals surface area contributed by atoms with E-state index in [1.54, 1.807) is 6.08 Å². The first-order valence-electron chi connectivity index (χ1n) is 10.3. The van der Waals surface area contributed by atoms with Crippen molar-refractivity contribution >= 4 is 11.0 Å². The summed E-state index contributed by atoms with van der Waals surface area (Å²) in [6, 6.07) is 28.6. The molecule has 0 bridgehead atoms. The summed E-state index contributed by atoms with van der Waals surface area (Å²) in [5.41, 5.74) is 4.01. The highest BCUT2D eigenvalue weighted by atomic mass is 16.5. The maximum Gasteiger partial charge on any atom is 0.204 e. The first kappa shape index (κ1) is 20.4. The van der Waals surface area contributed by atoms with Crippen LogP contribution in [-0.2, 0) is 4.74 Å². The molecule has 0 saturated carbocycles. The number of allylic oxidation sites excluding steroid dienone is 4. The van der Waals surface area contributed by atoms with Gasteiger partial charge in [0.1, 0.15) is 11.3 Å². The normalized spacial score (nSPS) is 13.0. The molecule has 0 spiro atoms. The second-order valence-electron chi connectivity index (χ2n) is 7.13.